The molecule has 0 unspecified atom stereocenters. The van der Waals surface area contributed by atoms with Gasteiger partial charge in [-0.3, -0.25) is 0 Å². The van der Waals surface area contributed by atoms with Crippen LogP contribution in [0, 0.1) is 6.92 Å². The van der Waals surface area contributed by atoms with E-state index in [0.717, 1.165) is 11.1 Å². The van der Waals surface area contributed by atoms with Gasteiger partial charge in [0.1, 0.15) is 5.68 Å². The molecule has 0 aliphatic rings. The van der Waals surface area contributed by atoms with Crippen molar-refractivity contribution in [2.24, 2.45) is 0 Å². The van der Waals surface area contributed by atoms with Crippen molar-refractivity contribution in [3.63, 3.8) is 0 Å². The molecule has 0 heterocycles. The standard InChI is InChI=1S/C8H9BO/c1-6-3-2-4-7(5-6)8(9)10/h2-5H,9H2,1H3. The van der Waals surface area contributed by atoms with Crippen LogP contribution in [0.25, 0.3) is 0 Å². The third-order valence-corrected chi connectivity index (χ3v) is 1.42. The van der Waals surface area contributed by atoms with Crippen LogP contribution in [0.4, 0.5) is 0 Å². The Kier molecular flexibility index (Phi) is 1.90. The van der Waals surface area contributed by atoms with Crippen molar-refractivity contribution in [1.29, 1.82) is 0 Å². The first-order valence-corrected chi connectivity index (χ1v) is 3.28. The summed E-state index contributed by atoms with van der Waals surface area (Å²) < 4.78 is 0. The number of carbonyl (C=O) groups is 1. The number of carbonyl (C=O) groups excluding carboxylic acids is 1. The first-order valence-electron chi connectivity index (χ1n) is 3.28. The maximum atomic E-state index is 10.8. The molecule has 0 aliphatic carbocycles. The molecule has 1 nitrogen and oxygen atoms in total. The van der Waals surface area contributed by atoms with E-state index >= 15 is 0 Å². The molecule has 0 fully saturated rings. The summed E-state index contributed by atoms with van der Waals surface area (Å²) in [5, 5.41) is 0. The smallest absolute Gasteiger partial charge is 0.193 e. The van der Waals surface area contributed by atoms with Gasteiger partial charge >= 0.3 is 0 Å². The van der Waals surface area contributed by atoms with Crippen LogP contribution in [0.1, 0.15) is 15.9 Å². The molecule has 0 N–H and O–H groups in total. The molecule has 0 radical (unpaired) electrons. The van der Waals surface area contributed by atoms with Gasteiger partial charge in [-0.1, -0.05) is 23.8 Å². The molecule has 0 spiro atoms. The number of rotatable bonds is 1. The van der Waals surface area contributed by atoms with Gasteiger partial charge < -0.3 is 4.79 Å². The topological polar surface area (TPSA) is 17.1 Å². The zero-order chi connectivity index (χ0) is 7.56. The predicted molar refractivity (Wildman–Crippen MR) is 44.1 cm³/mol. The Balaban J connectivity index is 3.07. The Morgan fingerprint density at radius 1 is 1.50 bits per heavy atom. The molecule has 0 saturated carbocycles. The largest absolute Gasteiger partial charge is 0.307 e. The Bertz CT molecular complexity index is 255. The van der Waals surface area contributed by atoms with Crippen molar-refractivity contribution in [1.82, 2.24) is 0 Å². The van der Waals surface area contributed by atoms with Crippen molar-refractivity contribution in [3.05, 3.63) is 35.4 Å². The summed E-state index contributed by atoms with van der Waals surface area (Å²) in [6.45, 7) is 1.98. The minimum absolute atomic E-state index is 0.128. The first-order chi connectivity index (χ1) is 4.70. The van der Waals surface area contributed by atoms with Crippen molar-refractivity contribution in [2.75, 3.05) is 0 Å². The van der Waals surface area contributed by atoms with E-state index in [9.17, 15) is 4.79 Å². The van der Waals surface area contributed by atoms with Crippen LogP contribution in [0.2, 0.25) is 0 Å². The van der Waals surface area contributed by atoms with Gasteiger partial charge in [0.2, 0.25) is 0 Å². The number of hydrogen-bond donors (Lipinski definition) is 0. The van der Waals surface area contributed by atoms with Gasteiger partial charge in [-0.25, -0.2) is 0 Å². The van der Waals surface area contributed by atoms with Gasteiger partial charge in [0.05, 0.1) is 0 Å². The lowest BCUT2D eigenvalue weighted by molar-refractivity contribution is 0.108. The highest BCUT2D eigenvalue weighted by Crippen LogP contribution is 2.02. The maximum absolute atomic E-state index is 10.8. The average Bonchev–Trinajstić information content (AvgIpc) is 1.88. The van der Waals surface area contributed by atoms with Gasteiger partial charge in [0.25, 0.3) is 0 Å². The van der Waals surface area contributed by atoms with Crippen LogP contribution < -0.4 is 0 Å². The second-order valence-electron chi connectivity index (χ2n) is 2.43. The van der Waals surface area contributed by atoms with Gasteiger partial charge in [-0.15, -0.1) is 0 Å². The van der Waals surface area contributed by atoms with Crippen molar-refractivity contribution >= 4 is 13.5 Å². The van der Waals surface area contributed by atoms with Crippen molar-refractivity contribution in [2.45, 2.75) is 6.92 Å². The quantitative estimate of drug-likeness (QED) is 0.515. The third-order valence-electron chi connectivity index (χ3n) is 1.42. The molecule has 0 atom stereocenters. The minimum Gasteiger partial charge on any atom is -0.307 e. The molecule has 2 heteroatoms. The second-order valence-corrected chi connectivity index (χ2v) is 2.43. The predicted octanol–water partition coefficient (Wildman–Crippen LogP) is 0.768. The molecule has 0 aliphatic heterocycles. The summed E-state index contributed by atoms with van der Waals surface area (Å²) >= 11 is 0. The maximum Gasteiger partial charge on any atom is 0.193 e. The molecular weight excluding hydrogens is 123 g/mol. The Hall–Kier alpha value is -1.05. The van der Waals surface area contributed by atoms with E-state index in [1.807, 2.05) is 31.2 Å². The van der Waals surface area contributed by atoms with Crippen LogP contribution in [-0.4, -0.2) is 13.5 Å². The summed E-state index contributed by atoms with van der Waals surface area (Å²) in [4.78, 5) is 10.8. The summed E-state index contributed by atoms with van der Waals surface area (Å²) in [5.41, 5.74) is 2.05. The Labute approximate surface area is 61.5 Å². The SMILES string of the molecule is BC(=O)c1cccc(C)c1. The second kappa shape index (κ2) is 2.69. The van der Waals surface area contributed by atoms with Crippen LogP contribution in [0.15, 0.2) is 24.3 Å². The van der Waals surface area contributed by atoms with Gasteiger partial charge in [0, 0.05) is 5.56 Å². The molecule has 1 aromatic carbocycles. The number of benzene rings is 1. The molecule has 1 aromatic rings. The zero-order valence-electron chi connectivity index (χ0n) is 6.22. The van der Waals surface area contributed by atoms with Crippen LogP contribution in [0.5, 0.6) is 0 Å². The molecule has 0 aromatic heterocycles. The minimum atomic E-state index is 0.128. The van der Waals surface area contributed by atoms with Crippen LogP contribution in [0.3, 0.4) is 0 Å². The highest BCUT2D eigenvalue weighted by molar-refractivity contribution is 6.62. The summed E-state index contributed by atoms with van der Waals surface area (Å²) in [5.74, 6) is 0. The van der Waals surface area contributed by atoms with Crippen LogP contribution >= 0.6 is 0 Å². The fraction of sp³-hybridized carbons (Fsp3) is 0.125. The average molecular weight is 132 g/mol. The van der Waals surface area contributed by atoms with E-state index < -0.39 is 0 Å². The van der Waals surface area contributed by atoms with Gasteiger partial charge in [-0.05, 0) is 13.0 Å². The van der Waals surface area contributed by atoms with Crippen LogP contribution in [-0.2, 0) is 0 Å². The summed E-state index contributed by atoms with van der Waals surface area (Å²) in [6, 6.07) is 7.59. The lowest BCUT2D eigenvalue weighted by atomic mass is 9.94. The summed E-state index contributed by atoms with van der Waals surface area (Å²) in [7, 11) is 1.58. The molecule has 0 bridgehead atoms. The van der Waals surface area contributed by atoms with E-state index in [1.54, 1.807) is 7.85 Å². The Morgan fingerprint density at radius 2 is 2.20 bits per heavy atom. The fourth-order valence-electron chi connectivity index (χ4n) is 0.864. The van der Waals surface area contributed by atoms with E-state index in [0.29, 0.717) is 0 Å². The molecule has 0 saturated heterocycles. The lowest BCUT2D eigenvalue weighted by Crippen LogP contribution is -1.96. The van der Waals surface area contributed by atoms with E-state index in [4.69, 9.17) is 0 Å². The highest BCUT2D eigenvalue weighted by atomic mass is 16.1. The lowest BCUT2D eigenvalue weighted by Gasteiger charge is -1.95. The number of hydrogen-bond acceptors (Lipinski definition) is 1. The Morgan fingerprint density at radius 3 is 2.60 bits per heavy atom. The van der Waals surface area contributed by atoms with Gasteiger partial charge in [0.15, 0.2) is 7.85 Å². The summed E-state index contributed by atoms with van der Waals surface area (Å²) in [6.07, 6.45) is 0. The van der Waals surface area contributed by atoms with E-state index in [1.165, 1.54) is 0 Å². The van der Waals surface area contributed by atoms with Crippen molar-refractivity contribution in [3.8, 4) is 0 Å². The zero-order valence-corrected chi connectivity index (χ0v) is 6.22. The monoisotopic (exact) mass is 132 g/mol. The van der Waals surface area contributed by atoms with Gasteiger partial charge in [-0.2, -0.15) is 0 Å². The molecule has 1 rings (SSSR count). The van der Waals surface area contributed by atoms with E-state index in [-0.39, 0.29) is 5.68 Å². The fourth-order valence-corrected chi connectivity index (χ4v) is 0.864. The third kappa shape index (κ3) is 1.47. The normalized spacial score (nSPS) is 9.30. The molecular formula is C8H9BO. The molecule has 10 heavy (non-hydrogen) atoms. The van der Waals surface area contributed by atoms with Crippen molar-refractivity contribution < 1.29 is 4.79 Å². The molecule has 50 valence electrons. The molecule has 0 amide bonds. The number of aryl methyl sites for hydroxylation is 1. The first kappa shape index (κ1) is 7.07. The van der Waals surface area contributed by atoms with E-state index in [2.05, 4.69) is 0 Å². The highest BCUT2D eigenvalue weighted by Gasteiger charge is 1.95.